The van der Waals surface area contributed by atoms with Crippen LogP contribution in [0.2, 0.25) is 5.02 Å². The maximum absolute atomic E-state index is 6.01. The number of terminal acetylenes is 1. The van der Waals surface area contributed by atoms with E-state index in [4.69, 9.17) is 22.8 Å². The van der Waals surface area contributed by atoms with Crippen molar-refractivity contribution in [3.05, 3.63) is 55.9 Å². The largest absolute Gasteiger partial charge is 0.481 e. The molecule has 5 heteroatoms. The lowest BCUT2D eigenvalue weighted by Crippen LogP contribution is -2.04. The summed E-state index contributed by atoms with van der Waals surface area (Å²) in [7, 11) is 0. The highest BCUT2D eigenvalue weighted by molar-refractivity contribution is 9.10. The molecule has 0 radical (unpaired) electrons. The van der Waals surface area contributed by atoms with Crippen LogP contribution in [0.4, 0.5) is 5.69 Å². The fraction of sp³-hybridized carbons (Fsp3) is 0.125. The molecule has 0 aliphatic rings. The molecule has 2 nitrogen and oxygen atoms in total. The summed E-state index contributed by atoms with van der Waals surface area (Å²) in [5.41, 5.74) is 1.93. The lowest BCUT2D eigenvalue weighted by Gasteiger charge is -2.13. The third-order valence-electron chi connectivity index (χ3n) is 2.73. The Morgan fingerprint density at radius 1 is 1.19 bits per heavy atom. The van der Waals surface area contributed by atoms with Gasteiger partial charge in [-0.1, -0.05) is 33.5 Å². The van der Waals surface area contributed by atoms with Gasteiger partial charge in [0.05, 0.1) is 5.69 Å². The third kappa shape index (κ3) is 4.67. The summed E-state index contributed by atoms with van der Waals surface area (Å²) < 4.78 is 7.48. The molecule has 0 aliphatic heterocycles. The van der Waals surface area contributed by atoms with Gasteiger partial charge in [-0.2, -0.15) is 0 Å². The molecule has 0 spiro atoms. The van der Waals surface area contributed by atoms with Crippen molar-refractivity contribution in [3.63, 3.8) is 0 Å². The van der Waals surface area contributed by atoms with E-state index in [1.54, 1.807) is 0 Å². The van der Waals surface area contributed by atoms with E-state index in [9.17, 15) is 0 Å². The molecule has 0 amide bonds. The van der Waals surface area contributed by atoms with Gasteiger partial charge in [-0.3, -0.25) is 0 Å². The van der Waals surface area contributed by atoms with Gasteiger partial charge in [0, 0.05) is 26.1 Å². The van der Waals surface area contributed by atoms with Crippen LogP contribution in [0.15, 0.2) is 45.3 Å². The van der Waals surface area contributed by atoms with E-state index in [1.165, 1.54) is 0 Å². The van der Waals surface area contributed by atoms with Crippen molar-refractivity contribution in [1.29, 1.82) is 0 Å². The van der Waals surface area contributed by atoms with Crippen LogP contribution in [-0.2, 0) is 6.54 Å². The molecule has 2 aromatic rings. The first kappa shape index (κ1) is 16.2. The number of hydrogen-bond acceptors (Lipinski definition) is 2. The topological polar surface area (TPSA) is 21.3 Å². The van der Waals surface area contributed by atoms with E-state index in [0.29, 0.717) is 11.6 Å². The Bertz CT molecular complexity index is 682. The van der Waals surface area contributed by atoms with Crippen LogP contribution in [0.3, 0.4) is 0 Å². The van der Waals surface area contributed by atoms with E-state index in [1.807, 2.05) is 36.4 Å². The summed E-state index contributed by atoms with van der Waals surface area (Å²) >= 11 is 13.0. The second-order valence-electron chi connectivity index (χ2n) is 4.22. The molecule has 0 aliphatic carbocycles. The SMILES string of the molecule is C#CCOc1ccc(Br)cc1CNc1cc(Cl)ccc1Br. The summed E-state index contributed by atoms with van der Waals surface area (Å²) in [6, 6.07) is 11.4. The molecule has 1 N–H and O–H groups in total. The maximum Gasteiger partial charge on any atom is 0.148 e. The van der Waals surface area contributed by atoms with Gasteiger partial charge in [0.2, 0.25) is 0 Å². The molecule has 0 heterocycles. The fourth-order valence-corrected chi connectivity index (χ4v) is 2.74. The summed E-state index contributed by atoms with van der Waals surface area (Å²) in [5.74, 6) is 3.23. The van der Waals surface area contributed by atoms with Crippen LogP contribution >= 0.6 is 43.5 Å². The second kappa shape index (κ2) is 7.74. The van der Waals surface area contributed by atoms with Gasteiger partial charge in [-0.05, 0) is 52.3 Å². The van der Waals surface area contributed by atoms with Gasteiger partial charge in [0.25, 0.3) is 0 Å². The zero-order valence-corrected chi connectivity index (χ0v) is 14.9. The number of hydrogen-bond donors (Lipinski definition) is 1. The van der Waals surface area contributed by atoms with Gasteiger partial charge >= 0.3 is 0 Å². The standard InChI is InChI=1S/C16H12Br2ClNO/c1-2-7-21-16-6-3-12(17)8-11(16)10-20-15-9-13(19)4-5-14(15)18/h1,3-6,8-9,20H,7,10H2. The van der Waals surface area contributed by atoms with Gasteiger partial charge in [0.1, 0.15) is 12.4 Å². The Labute approximate surface area is 146 Å². The first-order valence-electron chi connectivity index (χ1n) is 6.14. The number of benzene rings is 2. The number of halogens is 3. The van der Waals surface area contributed by atoms with Crippen LogP contribution in [-0.4, -0.2) is 6.61 Å². The van der Waals surface area contributed by atoms with E-state index in [0.717, 1.165) is 25.9 Å². The van der Waals surface area contributed by atoms with E-state index in [-0.39, 0.29) is 6.61 Å². The first-order chi connectivity index (χ1) is 10.1. The predicted molar refractivity (Wildman–Crippen MR) is 94.9 cm³/mol. The van der Waals surface area contributed by atoms with E-state index < -0.39 is 0 Å². The van der Waals surface area contributed by atoms with Gasteiger partial charge in [-0.25, -0.2) is 0 Å². The van der Waals surface area contributed by atoms with Crippen LogP contribution in [0.5, 0.6) is 5.75 Å². The normalized spacial score (nSPS) is 10.0. The second-order valence-corrected chi connectivity index (χ2v) is 6.43. The first-order valence-corrected chi connectivity index (χ1v) is 8.10. The van der Waals surface area contributed by atoms with Crippen molar-refractivity contribution in [1.82, 2.24) is 0 Å². The summed E-state index contributed by atoms with van der Waals surface area (Å²) in [4.78, 5) is 0. The molecule has 0 aromatic heterocycles. The minimum Gasteiger partial charge on any atom is -0.481 e. The predicted octanol–water partition coefficient (Wildman–Crippen LogP) is 5.49. The molecule has 0 unspecified atom stereocenters. The van der Waals surface area contributed by atoms with Crippen molar-refractivity contribution in [3.8, 4) is 18.1 Å². The van der Waals surface area contributed by atoms with E-state index >= 15 is 0 Å². The highest BCUT2D eigenvalue weighted by Gasteiger charge is 2.06. The maximum atomic E-state index is 6.01. The molecular formula is C16H12Br2ClNO. The molecule has 0 fully saturated rings. The van der Waals surface area contributed by atoms with Gasteiger partial charge in [-0.15, -0.1) is 6.42 Å². The van der Waals surface area contributed by atoms with Crippen molar-refractivity contribution in [2.45, 2.75) is 6.54 Å². The molecule has 2 rings (SSSR count). The Balaban J connectivity index is 2.17. The van der Waals surface area contributed by atoms with Gasteiger partial charge in [0.15, 0.2) is 0 Å². The lowest BCUT2D eigenvalue weighted by molar-refractivity contribution is 0.366. The number of ether oxygens (including phenoxy) is 1. The third-order valence-corrected chi connectivity index (χ3v) is 4.15. The molecule has 0 atom stereocenters. The molecule has 0 saturated carbocycles. The number of anilines is 1. The average molecular weight is 430 g/mol. The van der Waals surface area contributed by atoms with Crippen LogP contribution in [0, 0.1) is 12.3 Å². The Hall–Kier alpha value is -1.15. The number of nitrogens with one attached hydrogen (secondary N) is 1. The van der Waals surface area contributed by atoms with Crippen molar-refractivity contribution in [2.24, 2.45) is 0 Å². The molecule has 21 heavy (non-hydrogen) atoms. The molecule has 0 saturated heterocycles. The summed E-state index contributed by atoms with van der Waals surface area (Å²) in [6.45, 7) is 0.841. The minimum atomic E-state index is 0.246. The van der Waals surface area contributed by atoms with Gasteiger partial charge < -0.3 is 10.1 Å². The molecular weight excluding hydrogens is 417 g/mol. The average Bonchev–Trinajstić information content (AvgIpc) is 2.47. The highest BCUT2D eigenvalue weighted by atomic mass is 79.9. The van der Waals surface area contributed by atoms with Crippen LogP contribution < -0.4 is 10.1 Å². The smallest absolute Gasteiger partial charge is 0.148 e. The molecule has 108 valence electrons. The van der Waals surface area contributed by atoms with Crippen molar-refractivity contribution in [2.75, 3.05) is 11.9 Å². The minimum absolute atomic E-state index is 0.246. The van der Waals surface area contributed by atoms with Crippen molar-refractivity contribution < 1.29 is 4.74 Å². The van der Waals surface area contributed by atoms with Crippen LogP contribution in [0.1, 0.15) is 5.56 Å². The Morgan fingerprint density at radius 2 is 2.00 bits per heavy atom. The zero-order valence-electron chi connectivity index (χ0n) is 11.0. The number of rotatable bonds is 5. The highest BCUT2D eigenvalue weighted by Crippen LogP contribution is 2.28. The fourth-order valence-electron chi connectivity index (χ4n) is 1.77. The lowest BCUT2D eigenvalue weighted by atomic mass is 10.2. The zero-order chi connectivity index (χ0) is 15.2. The molecule has 0 bridgehead atoms. The Kier molecular flexibility index (Phi) is 5.98. The van der Waals surface area contributed by atoms with Crippen molar-refractivity contribution >= 4 is 49.1 Å². The molecule has 2 aromatic carbocycles. The Morgan fingerprint density at radius 3 is 2.76 bits per heavy atom. The van der Waals surface area contributed by atoms with Crippen LogP contribution in [0.25, 0.3) is 0 Å². The summed E-state index contributed by atoms with van der Waals surface area (Å²) in [6.07, 6.45) is 5.24. The monoisotopic (exact) mass is 427 g/mol. The summed E-state index contributed by atoms with van der Waals surface area (Å²) in [5, 5.41) is 4.01. The van der Waals surface area contributed by atoms with E-state index in [2.05, 4.69) is 43.1 Å². The quantitative estimate of drug-likeness (QED) is 0.635.